The van der Waals surface area contributed by atoms with E-state index in [1.54, 1.807) is 0 Å². The lowest BCUT2D eigenvalue weighted by molar-refractivity contribution is 1.07. The molecule has 0 bridgehead atoms. The molecule has 6 aromatic rings. The molecule has 0 amide bonds. The van der Waals surface area contributed by atoms with Crippen LogP contribution in [0.2, 0.25) is 0 Å². The van der Waals surface area contributed by atoms with Gasteiger partial charge in [-0.3, -0.25) is 9.55 Å². The van der Waals surface area contributed by atoms with Gasteiger partial charge < -0.3 is 0 Å². The zero-order valence-electron chi connectivity index (χ0n) is 20.1. The average molecular weight is 472 g/mol. The molecule has 6 rings (SSSR count). The van der Waals surface area contributed by atoms with E-state index in [1.807, 2.05) is 18.5 Å². The largest absolute Gasteiger partial charge is 0.294 e. The monoisotopic (exact) mass is 471 g/mol. The Balaban J connectivity index is 1.50. The smallest absolute Gasteiger partial charge is 0.137 e. The van der Waals surface area contributed by atoms with Crippen molar-refractivity contribution in [3.8, 4) is 16.9 Å². The van der Waals surface area contributed by atoms with Crippen LogP contribution in [0.1, 0.15) is 11.1 Å². The second-order valence-electron chi connectivity index (χ2n) is 9.08. The van der Waals surface area contributed by atoms with E-state index in [4.69, 9.17) is 9.97 Å². The van der Waals surface area contributed by atoms with Gasteiger partial charge >= 0.3 is 0 Å². The van der Waals surface area contributed by atoms with Crippen LogP contribution in [-0.4, -0.2) is 21.2 Å². The average Bonchev–Trinajstić information content (AvgIpc) is 3.22. The highest BCUT2D eigenvalue weighted by Crippen LogP contribution is 2.35. The molecule has 3 aromatic heterocycles. The van der Waals surface area contributed by atoms with Crippen molar-refractivity contribution in [2.24, 2.45) is 0 Å². The molecular weight excluding hydrogens is 445 g/mol. The number of aryl methyl sites for hydroxylation is 2. The van der Waals surface area contributed by atoms with Crippen molar-refractivity contribution in [1.29, 1.82) is 0 Å². The van der Waals surface area contributed by atoms with Crippen LogP contribution in [0, 0.1) is 13.8 Å². The number of nitrogens with zero attached hydrogens (tertiary/aromatic N) is 3. The molecule has 0 aliphatic heterocycles. The summed E-state index contributed by atoms with van der Waals surface area (Å²) in [6.45, 7) is 6.48. The Kier molecular flexibility index (Phi) is 5.43. The van der Waals surface area contributed by atoms with Crippen molar-refractivity contribution in [1.82, 2.24) is 14.5 Å². The van der Waals surface area contributed by atoms with E-state index >= 15 is 0 Å². The number of hydrogen-bond donors (Lipinski definition) is 0. The molecule has 4 heteroatoms. The van der Waals surface area contributed by atoms with Gasteiger partial charge in [-0.15, -0.1) is 0 Å². The summed E-state index contributed by atoms with van der Waals surface area (Å²) < 4.78 is 2.29. The third-order valence-corrected chi connectivity index (χ3v) is 8.61. The predicted octanol–water partition coefficient (Wildman–Crippen LogP) is 6.92. The van der Waals surface area contributed by atoms with Crippen molar-refractivity contribution >= 4 is 40.5 Å². The maximum atomic E-state index is 4.72. The lowest BCUT2D eigenvalue weighted by Crippen LogP contribution is -2.14. The molecule has 35 heavy (non-hydrogen) atoms. The summed E-state index contributed by atoms with van der Waals surface area (Å²) in [7, 11) is -0.513. The maximum Gasteiger partial charge on any atom is 0.137 e. The Morgan fingerprint density at radius 2 is 1.49 bits per heavy atom. The first kappa shape index (κ1) is 21.7. The zero-order chi connectivity index (χ0) is 23.9. The van der Waals surface area contributed by atoms with Crippen molar-refractivity contribution in [2.45, 2.75) is 13.8 Å². The van der Waals surface area contributed by atoms with Crippen molar-refractivity contribution in [3.63, 3.8) is 0 Å². The lowest BCUT2D eigenvalue weighted by Gasteiger charge is -2.14. The highest BCUT2D eigenvalue weighted by atomic mass is 31.1. The quantitative estimate of drug-likeness (QED) is 0.261. The minimum absolute atomic E-state index is 0.513. The van der Waals surface area contributed by atoms with Gasteiger partial charge in [-0.05, 0) is 92.4 Å². The van der Waals surface area contributed by atoms with Gasteiger partial charge in [0.05, 0.1) is 16.5 Å². The molecular formula is C31H26N3P. The van der Waals surface area contributed by atoms with Gasteiger partial charge in [0.15, 0.2) is 0 Å². The van der Waals surface area contributed by atoms with Crippen LogP contribution in [0.3, 0.4) is 0 Å². The number of rotatable bonds is 4. The molecule has 0 fully saturated rings. The van der Waals surface area contributed by atoms with Crippen molar-refractivity contribution < 1.29 is 0 Å². The minimum atomic E-state index is -0.513. The second-order valence-corrected chi connectivity index (χ2v) is 11.2. The first-order valence-electron chi connectivity index (χ1n) is 11.8. The SMILES string of the molecule is Cc1ccc(P(C)c2cccc(-c3ccc4c5ccccc5n(-c5cc(C)ccn5)c4c3)c2)nc1. The molecule has 1 atom stereocenters. The van der Waals surface area contributed by atoms with Gasteiger partial charge in [-0.1, -0.05) is 54.6 Å². The lowest BCUT2D eigenvalue weighted by atomic mass is 10.0. The van der Waals surface area contributed by atoms with Gasteiger partial charge in [0.25, 0.3) is 0 Å². The predicted molar refractivity (Wildman–Crippen MR) is 150 cm³/mol. The summed E-state index contributed by atoms with van der Waals surface area (Å²) in [5.41, 5.74) is 8.32. The molecule has 0 saturated heterocycles. The molecule has 0 aliphatic carbocycles. The fourth-order valence-electron chi connectivity index (χ4n) is 4.72. The topological polar surface area (TPSA) is 30.7 Å². The molecule has 0 spiro atoms. The Morgan fingerprint density at radius 3 is 2.31 bits per heavy atom. The maximum absolute atomic E-state index is 4.72. The summed E-state index contributed by atoms with van der Waals surface area (Å²) in [5, 5.41) is 3.81. The molecule has 3 heterocycles. The van der Waals surface area contributed by atoms with Crippen LogP contribution in [0.5, 0.6) is 0 Å². The Labute approximate surface area is 206 Å². The number of pyridine rings is 2. The highest BCUT2D eigenvalue weighted by molar-refractivity contribution is 7.72. The molecule has 0 saturated carbocycles. The van der Waals surface area contributed by atoms with E-state index in [0.29, 0.717) is 0 Å². The number of aromatic nitrogens is 3. The van der Waals surface area contributed by atoms with E-state index in [9.17, 15) is 0 Å². The Hall–Kier alpha value is -3.81. The first-order valence-corrected chi connectivity index (χ1v) is 13.6. The van der Waals surface area contributed by atoms with E-state index in [2.05, 4.69) is 110 Å². The zero-order valence-corrected chi connectivity index (χ0v) is 21.0. The molecule has 0 radical (unpaired) electrons. The van der Waals surface area contributed by atoms with Gasteiger partial charge in [-0.2, -0.15) is 0 Å². The highest BCUT2D eigenvalue weighted by Gasteiger charge is 2.15. The number of benzene rings is 3. The molecule has 0 aliphatic rings. The Bertz CT molecular complexity index is 1680. The molecule has 0 N–H and O–H groups in total. The van der Waals surface area contributed by atoms with Gasteiger partial charge in [0.2, 0.25) is 0 Å². The van der Waals surface area contributed by atoms with Crippen LogP contribution < -0.4 is 10.7 Å². The summed E-state index contributed by atoms with van der Waals surface area (Å²) in [6.07, 6.45) is 3.85. The summed E-state index contributed by atoms with van der Waals surface area (Å²) in [6, 6.07) is 32.8. The molecule has 3 aromatic carbocycles. The second kappa shape index (κ2) is 8.76. The van der Waals surface area contributed by atoms with E-state index in [0.717, 1.165) is 11.3 Å². The van der Waals surface area contributed by atoms with Crippen LogP contribution in [0.15, 0.2) is 103 Å². The fourth-order valence-corrected chi connectivity index (χ4v) is 6.16. The molecule has 1 unspecified atom stereocenters. The molecule has 170 valence electrons. The Morgan fingerprint density at radius 1 is 0.657 bits per heavy atom. The van der Waals surface area contributed by atoms with Crippen LogP contribution >= 0.6 is 7.92 Å². The van der Waals surface area contributed by atoms with E-state index < -0.39 is 7.92 Å². The first-order chi connectivity index (χ1) is 17.1. The summed E-state index contributed by atoms with van der Waals surface area (Å²) in [5.74, 6) is 0.949. The number of hydrogen-bond acceptors (Lipinski definition) is 2. The van der Waals surface area contributed by atoms with Gasteiger partial charge in [-0.25, -0.2) is 4.98 Å². The van der Waals surface area contributed by atoms with Crippen molar-refractivity contribution in [2.75, 3.05) is 6.66 Å². The normalized spacial score (nSPS) is 12.3. The van der Waals surface area contributed by atoms with Crippen molar-refractivity contribution in [3.05, 3.63) is 115 Å². The summed E-state index contributed by atoms with van der Waals surface area (Å²) >= 11 is 0. The standard InChI is InChI=1S/C31H26N3P/c1-21-15-16-32-30(17-21)34-28-10-5-4-9-26(28)27-13-12-24(19-29(27)34)23-7-6-8-25(18-23)35(3)31-14-11-22(2)20-33-31/h4-20H,1-3H3. The van der Waals surface area contributed by atoms with Crippen LogP contribution in [0.25, 0.3) is 38.8 Å². The third-order valence-electron chi connectivity index (χ3n) is 6.61. The fraction of sp³-hybridized carbons (Fsp3) is 0.0968. The van der Waals surface area contributed by atoms with Crippen LogP contribution in [-0.2, 0) is 0 Å². The molecule has 3 nitrogen and oxygen atoms in total. The van der Waals surface area contributed by atoms with Gasteiger partial charge in [0.1, 0.15) is 5.82 Å². The van der Waals surface area contributed by atoms with Crippen LogP contribution in [0.4, 0.5) is 0 Å². The van der Waals surface area contributed by atoms with E-state index in [1.165, 1.54) is 49.4 Å². The van der Waals surface area contributed by atoms with E-state index in [-0.39, 0.29) is 0 Å². The number of para-hydroxylation sites is 1. The van der Waals surface area contributed by atoms with Gasteiger partial charge in [0, 0.05) is 23.2 Å². The third kappa shape index (κ3) is 3.92. The summed E-state index contributed by atoms with van der Waals surface area (Å²) in [4.78, 5) is 9.41. The number of fused-ring (bicyclic) bond motifs is 3. The minimum Gasteiger partial charge on any atom is -0.294 e.